The zero-order valence-electron chi connectivity index (χ0n) is 25.9. The van der Waals surface area contributed by atoms with Gasteiger partial charge in [0, 0.05) is 37.2 Å². The molecule has 226 valence electrons. The summed E-state index contributed by atoms with van der Waals surface area (Å²) in [6.07, 6.45) is 4.49. The second-order valence-corrected chi connectivity index (χ2v) is 14.0. The first-order valence-corrected chi connectivity index (χ1v) is 17.3. The van der Waals surface area contributed by atoms with Crippen molar-refractivity contribution in [3.8, 4) is 17.2 Å². The van der Waals surface area contributed by atoms with Gasteiger partial charge < -0.3 is 4.42 Å². The predicted molar refractivity (Wildman–Crippen MR) is 206 cm³/mol. The summed E-state index contributed by atoms with van der Waals surface area (Å²) in [5.74, 6) is 0.667. The maximum absolute atomic E-state index is 6.53. The highest BCUT2D eigenvalue weighted by Crippen LogP contribution is 2.44. The predicted octanol–water partition coefficient (Wildman–Crippen LogP) is 12.3. The maximum atomic E-state index is 6.53. The van der Waals surface area contributed by atoms with Crippen LogP contribution in [0.1, 0.15) is 11.1 Å². The van der Waals surface area contributed by atoms with Gasteiger partial charge in [-0.1, -0.05) is 97.1 Å². The third-order valence-corrected chi connectivity index (χ3v) is 11.5. The minimum absolute atomic E-state index is 0.667. The molecule has 0 aliphatic heterocycles. The number of aromatic nitrogens is 3. The summed E-state index contributed by atoms with van der Waals surface area (Å²) in [6, 6.07) is 45.5. The molecule has 11 aromatic rings. The van der Waals surface area contributed by atoms with Crippen LogP contribution in [0.4, 0.5) is 0 Å². The van der Waals surface area contributed by atoms with Crippen LogP contribution in [0.25, 0.3) is 115 Å². The number of nitrogens with zero attached hydrogens (tertiary/aromatic N) is 3. The van der Waals surface area contributed by atoms with Crippen molar-refractivity contribution in [3.63, 3.8) is 0 Å². The van der Waals surface area contributed by atoms with E-state index >= 15 is 0 Å². The summed E-state index contributed by atoms with van der Waals surface area (Å²) in [5, 5.41) is 10.7. The van der Waals surface area contributed by atoms with Crippen LogP contribution < -0.4 is 0 Å². The molecular weight excluding hydrogens is 619 g/mol. The SMILES string of the molecule is C1=Cc2cccc3c2c2c4c1cccc4ccc2n3-c1nc(-c2ccc3c(c2)oc2cc4ccccc4cc23)c2sc3ccccc3c2n1. The molecule has 0 fully saturated rings. The lowest BCUT2D eigenvalue weighted by Gasteiger charge is -2.11. The van der Waals surface area contributed by atoms with Crippen molar-refractivity contribution < 1.29 is 4.42 Å². The highest BCUT2D eigenvalue weighted by molar-refractivity contribution is 7.26. The summed E-state index contributed by atoms with van der Waals surface area (Å²) in [7, 11) is 0. The highest BCUT2D eigenvalue weighted by Gasteiger charge is 2.23. The number of rotatable bonds is 2. The number of benzene rings is 7. The smallest absolute Gasteiger partial charge is 0.235 e. The van der Waals surface area contributed by atoms with Gasteiger partial charge in [0.05, 0.1) is 26.9 Å². The Morgan fingerprint density at radius 3 is 2.20 bits per heavy atom. The van der Waals surface area contributed by atoms with Crippen LogP contribution in [0.3, 0.4) is 0 Å². The Morgan fingerprint density at radius 1 is 0.531 bits per heavy atom. The number of hydrogen-bond donors (Lipinski definition) is 0. The molecule has 1 aliphatic carbocycles. The highest BCUT2D eigenvalue weighted by atomic mass is 32.1. The van der Waals surface area contributed by atoms with Crippen molar-refractivity contribution in [2.45, 2.75) is 0 Å². The van der Waals surface area contributed by atoms with E-state index in [-0.39, 0.29) is 0 Å². The minimum Gasteiger partial charge on any atom is -0.456 e. The lowest BCUT2D eigenvalue weighted by molar-refractivity contribution is 0.669. The van der Waals surface area contributed by atoms with Crippen molar-refractivity contribution in [1.29, 1.82) is 0 Å². The van der Waals surface area contributed by atoms with Gasteiger partial charge in [-0.3, -0.25) is 4.57 Å². The first kappa shape index (κ1) is 25.7. The van der Waals surface area contributed by atoms with Crippen LogP contribution in [0.2, 0.25) is 0 Å². The van der Waals surface area contributed by atoms with Crippen molar-refractivity contribution in [3.05, 3.63) is 139 Å². The Morgan fingerprint density at radius 2 is 1.29 bits per heavy atom. The molecule has 12 rings (SSSR count). The number of hydrogen-bond acceptors (Lipinski definition) is 4. The normalized spacial score (nSPS) is 12.8. The molecule has 0 unspecified atom stereocenters. The van der Waals surface area contributed by atoms with Crippen LogP contribution in [-0.4, -0.2) is 14.5 Å². The molecule has 0 spiro atoms. The molecule has 0 atom stereocenters. The monoisotopic (exact) mass is 641 g/mol. The van der Waals surface area contributed by atoms with E-state index in [9.17, 15) is 0 Å². The van der Waals surface area contributed by atoms with Gasteiger partial charge >= 0.3 is 0 Å². The molecule has 0 N–H and O–H groups in total. The van der Waals surface area contributed by atoms with Crippen molar-refractivity contribution in [2.75, 3.05) is 0 Å². The first-order valence-electron chi connectivity index (χ1n) is 16.5. The molecular formula is C44H23N3OS. The van der Waals surface area contributed by atoms with Gasteiger partial charge in [-0.25, -0.2) is 9.97 Å². The lowest BCUT2D eigenvalue weighted by atomic mass is 10.00. The van der Waals surface area contributed by atoms with E-state index in [1.54, 1.807) is 11.3 Å². The Kier molecular flexibility index (Phi) is 4.83. The van der Waals surface area contributed by atoms with Crippen LogP contribution >= 0.6 is 11.3 Å². The van der Waals surface area contributed by atoms with E-state index < -0.39 is 0 Å². The summed E-state index contributed by atoms with van der Waals surface area (Å²) in [6.45, 7) is 0. The molecule has 1 aliphatic rings. The van der Waals surface area contributed by atoms with Gasteiger partial charge in [-0.15, -0.1) is 11.3 Å². The van der Waals surface area contributed by atoms with Crippen LogP contribution in [-0.2, 0) is 0 Å². The molecule has 4 aromatic heterocycles. The van der Waals surface area contributed by atoms with Gasteiger partial charge in [-0.05, 0) is 75.1 Å². The van der Waals surface area contributed by atoms with E-state index in [2.05, 4.69) is 144 Å². The van der Waals surface area contributed by atoms with Crippen molar-refractivity contribution >= 4 is 109 Å². The zero-order valence-corrected chi connectivity index (χ0v) is 26.8. The van der Waals surface area contributed by atoms with Crippen molar-refractivity contribution in [2.24, 2.45) is 0 Å². The Hall–Kier alpha value is -6.30. The van der Waals surface area contributed by atoms with E-state index in [0.717, 1.165) is 59.8 Å². The van der Waals surface area contributed by atoms with E-state index in [1.807, 2.05) is 0 Å². The molecule has 4 nitrogen and oxygen atoms in total. The number of thiophene rings is 1. The average molecular weight is 642 g/mol. The first-order chi connectivity index (χ1) is 24.3. The average Bonchev–Trinajstić information content (AvgIpc) is 3.77. The fourth-order valence-electron chi connectivity index (χ4n) is 8.14. The number of fused-ring (bicyclic) bond motifs is 7. The molecule has 0 amide bonds. The van der Waals surface area contributed by atoms with Gasteiger partial charge in [0.15, 0.2) is 0 Å². The summed E-state index contributed by atoms with van der Waals surface area (Å²) < 4.78 is 11.1. The van der Waals surface area contributed by atoms with Crippen molar-refractivity contribution in [1.82, 2.24) is 14.5 Å². The quantitative estimate of drug-likeness (QED) is 0.189. The molecule has 4 heterocycles. The lowest BCUT2D eigenvalue weighted by Crippen LogP contribution is -2.03. The van der Waals surface area contributed by atoms with Gasteiger partial charge in [0.25, 0.3) is 0 Å². The largest absolute Gasteiger partial charge is 0.456 e. The number of furan rings is 1. The fourth-order valence-corrected chi connectivity index (χ4v) is 9.29. The van der Waals surface area contributed by atoms with E-state index in [4.69, 9.17) is 14.4 Å². The zero-order chi connectivity index (χ0) is 31.8. The van der Waals surface area contributed by atoms with E-state index in [0.29, 0.717) is 5.95 Å². The second kappa shape index (κ2) is 9.19. The summed E-state index contributed by atoms with van der Waals surface area (Å²) >= 11 is 1.75. The van der Waals surface area contributed by atoms with E-state index in [1.165, 1.54) is 48.1 Å². The molecule has 49 heavy (non-hydrogen) atoms. The summed E-state index contributed by atoms with van der Waals surface area (Å²) in [4.78, 5) is 10.9. The second-order valence-electron chi connectivity index (χ2n) is 13.0. The molecule has 0 bridgehead atoms. The molecule has 0 saturated carbocycles. The van der Waals surface area contributed by atoms with Gasteiger partial charge in [0.1, 0.15) is 11.2 Å². The van der Waals surface area contributed by atoms with Crippen LogP contribution in [0, 0.1) is 0 Å². The fraction of sp³-hybridized carbons (Fsp3) is 0. The topological polar surface area (TPSA) is 43.9 Å². The maximum Gasteiger partial charge on any atom is 0.235 e. The van der Waals surface area contributed by atoms with Gasteiger partial charge in [-0.2, -0.15) is 0 Å². The third-order valence-electron chi connectivity index (χ3n) is 10.3. The standard InChI is InChI=1S/C44H23N3OS/c1-2-8-28-22-36-32(21-27(28)7-1)30-19-17-29(23-35(30)48-36)41-43-42(31-12-3-4-14-37(31)49-43)46-44(45-41)47-33-13-6-11-26-16-15-24-9-5-10-25-18-20-34(47)40(38(24)25)39(26)33/h1-23H. The molecule has 7 aromatic carbocycles. The Balaban J connectivity index is 1.18. The third kappa shape index (κ3) is 3.42. The molecule has 5 heteroatoms. The Bertz CT molecular complexity index is 3290. The summed E-state index contributed by atoms with van der Waals surface area (Å²) in [5.41, 5.74) is 9.28. The van der Waals surface area contributed by atoms with Crippen LogP contribution in [0.15, 0.2) is 132 Å². The Labute approximate surface area is 282 Å². The molecule has 0 radical (unpaired) electrons. The molecule has 0 saturated heterocycles. The van der Waals surface area contributed by atoms with Gasteiger partial charge in [0.2, 0.25) is 5.95 Å². The van der Waals surface area contributed by atoms with Crippen LogP contribution in [0.5, 0.6) is 0 Å². The minimum atomic E-state index is 0.667.